The van der Waals surface area contributed by atoms with Crippen LogP contribution in [0.1, 0.15) is 35.2 Å². The highest BCUT2D eigenvalue weighted by Gasteiger charge is 2.18. The van der Waals surface area contributed by atoms with Gasteiger partial charge < -0.3 is 5.32 Å². The lowest BCUT2D eigenvalue weighted by atomic mass is 10.2. The summed E-state index contributed by atoms with van der Waals surface area (Å²) >= 11 is 0. The van der Waals surface area contributed by atoms with Crippen molar-refractivity contribution in [2.45, 2.75) is 33.5 Å². The molecule has 1 amide bonds. The van der Waals surface area contributed by atoms with Gasteiger partial charge in [0.25, 0.3) is 5.91 Å². The van der Waals surface area contributed by atoms with Gasteiger partial charge in [-0.2, -0.15) is 23.7 Å². The van der Waals surface area contributed by atoms with Crippen LogP contribution in [0.25, 0.3) is 0 Å². The largest absolute Gasteiger partial charge is 0.347 e. The summed E-state index contributed by atoms with van der Waals surface area (Å²) in [5.74, 6) is -0.591. The first-order valence-corrected chi connectivity index (χ1v) is 6.15. The van der Waals surface area contributed by atoms with Crippen molar-refractivity contribution in [3.05, 3.63) is 35.4 Å². The lowest BCUT2D eigenvalue weighted by Crippen LogP contribution is -2.26. The molecule has 1 N–H and O–H groups in total. The lowest BCUT2D eigenvalue weighted by Gasteiger charge is -2.06. The Balaban J connectivity index is 2.05. The van der Waals surface area contributed by atoms with E-state index in [2.05, 4.69) is 15.5 Å². The molecule has 0 aromatic carbocycles. The van der Waals surface area contributed by atoms with Crippen LogP contribution in [0.4, 0.5) is 8.78 Å². The van der Waals surface area contributed by atoms with E-state index in [-0.39, 0.29) is 12.2 Å². The van der Waals surface area contributed by atoms with Crippen LogP contribution in [0.3, 0.4) is 0 Å². The number of carbonyl (C=O) groups excluding carboxylic acids is 1. The number of nitrogens with zero attached hydrogens (tertiary/aromatic N) is 4. The average Bonchev–Trinajstić information content (AvgIpc) is 3.02. The van der Waals surface area contributed by atoms with Crippen molar-refractivity contribution >= 4 is 5.91 Å². The number of aromatic nitrogens is 4. The van der Waals surface area contributed by atoms with Gasteiger partial charge in [-0.15, -0.1) is 0 Å². The third-order valence-electron chi connectivity index (χ3n) is 2.90. The van der Waals surface area contributed by atoms with Crippen LogP contribution in [0.15, 0.2) is 18.5 Å². The Morgan fingerprint density at radius 2 is 2.25 bits per heavy atom. The standard InChI is InChI=1S/C12H15F2N5O/c1-3-18-7-9(8(2)17-18)6-15-11(20)10-4-5-16-19(10)12(13)14/h4-5,7,12H,3,6H2,1-2H3,(H,15,20). The van der Waals surface area contributed by atoms with Gasteiger partial charge in [0, 0.05) is 31.0 Å². The van der Waals surface area contributed by atoms with Crippen LogP contribution < -0.4 is 5.32 Å². The Hall–Kier alpha value is -2.25. The molecule has 2 heterocycles. The number of rotatable bonds is 5. The van der Waals surface area contributed by atoms with E-state index in [0.29, 0.717) is 4.68 Å². The highest BCUT2D eigenvalue weighted by atomic mass is 19.3. The molecule has 8 heteroatoms. The van der Waals surface area contributed by atoms with Crippen molar-refractivity contribution in [3.8, 4) is 0 Å². The molecule has 20 heavy (non-hydrogen) atoms. The van der Waals surface area contributed by atoms with Gasteiger partial charge in [0.1, 0.15) is 5.69 Å². The second-order valence-electron chi connectivity index (χ2n) is 4.22. The number of alkyl halides is 2. The fraction of sp³-hybridized carbons (Fsp3) is 0.417. The molecule has 0 spiro atoms. The predicted octanol–water partition coefficient (Wildman–Crippen LogP) is 1.73. The second-order valence-corrected chi connectivity index (χ2v) is 4.22. The summed E-state index contributed by atoms with van der Waals surface area (Å²) in [6, 6.07) is 1.25. The number of aryl methyl sites for hydroxylation is 2. The first-order chi connectivity index (χ1) is 9.52. The van der Waals surface area contributed by atoms with Gasteiger partial charge in [-0.25, -0.2) is 0 Å². The van der Waals surface area contributed by atoms with E-state index in [1.807, 2.05) is 20.0 Å². The summed E-state index contributed by atoms with van der Waals surface area (Å²) in [6.07, 6.45) is 2.99. The number of nitrogens with one attached hydrogen (secondary N) is 1. The molecule has 0 aliphatic carbocycles. The van der Waals surface area contributed by atoms with Crippen molar-refractivity contribution in [3.63, 3.8) is 0 Å². The Kier molecular flexibility index (Phi) is 4.11. The molecule has 0 aliphatic heterocycles. The smallest absolute Gasteiger partial charge is 0.333 e. The highest BCUT2D eigenvalue weighted by Crippen LogP contribution is 2.12. The lowest BCUT2D eigenvalue weighted by molar-refractivity contribution is 0.0509. The number of hydrogen-bond donors (Lipinski definition) is 1. The molecule has 0 radical (unpaired) electrons. The molecule has 0 aliphatic rings. The van der Waals surface area contributed by atoms with E-state index in [4.69, 9.17) is 0 Å². The molecule has 0 fully saturated rings. The maximum Gasteiger partial charge on any atom is 0.333 e. The molecule has 0 unspecified atom stereocenters. The van der Waals surface area contributed by atoms with E-state index < -0.39 is 12.5 Å². The third kappa shape index (κ3) is 2.84. The first-order valence-electron chi connectivity index (χ1n) is 6.15. The zero-order valence-corrected chi connectivity index (χ0v) is 11.2. The summed E-state index contributed by atoms with van der Waals surface area (Å²) in [6.45, 7) is 1.91. The second kappa shape index (κ2) is 5.81. The summed E-state index contributed by atoms with van der Waals surface area (Å²) in [4.78, 5) is 11.9. The number of amides is 1. The quantitative estimate of drug-likeness (QED) is 0.909. The number of hydrogen-bond acceptors (Lipinski definition) is 3. The van der Waals surface area contributed by atoms with Crippen molar-refractivity contribution in [1.29, 1.82) is 0 Å². The normalized spacial score (nSPS) is 11.1. The van der Waals surface area contributed by atoms with Crippen LogP contribution in [0.2, 0.25) is 0 Å². The maximum atomic E-state index is 12.6. The molecule has 2 aromatic heterocycles. The zero-order valence-electron chi connectivity index (χ0n) is 11.2. The van der Waals surface area contributed by atoms with Gasteiger partial charge in [-0.3, -0.25) is 9.48 Å². The molecule has 2 rings (SSSR count). The summed E-state index contributed by atoms with van der Waals surface area (Å²) in [5.41, 5.74) is 1.48. The van der Waals surface area contributed by atoms with E-state index >= 15 is 0 Å². The van der Waals surface area contributed by atoms with E-state index in [0.717, 1.165) is 17.8 Å². The summed E-state index contributed by atoms with van der Waals surface area (Å²) in [5, 5.41) is 10.2. The van der Waals surface area contributed by atoms with E-state index in [9.17, 15) is 13.6 Å². The highest BCUT2D eigenvalue weighted by molar-refractivity contribution is 5.92. The van der Waals surface area contributed by atoms with Gasteiger partial charge in [0.15, 0.2) is 0 Å². The van der Waals surface area contributed by atoms with Gasteiger partial charge >= 0.3 is 6.55 Å². The van der Waals surface area contributed by atoms with Gasteiger partial charge in [0.2, 0.25) is 0 Å². The maximum absolute atomic E-state index is 12.6. The molecule has 0 saturated carbocycles. The number of carbonyl (C=O) groups is 1. The molecule has 0 bridgehead atoms. The Bertz CT molecular complexity index is 605. The fourth-order valence-electron chi connectivity index (χ4n) is 1.81. The van der Waals surface area contributed by atoms with E-state index in [1.165, 1.54) is 12.3 Å². The fourth-order valence-corrected chi connectivity index (χ4v) is 1.81. The van der Waals surface area contributed by atoms with Crippen LogP contribution in [0, 0.1) is 6.92 Å². The van der Waals surface area contributed by atoms with Crippen LogP contribution >= 0.6 is 0 Å². The monoisotopic (exact) mass is 283 g/mol. The average molecular weight is 283 g/mol. The summed E-state index contributed by atoms with van der Waals surface area (Å²) < 4.78 is 27.3. The predicted molar refractivity (Wildman–Crippen MR) is 67.3 cm³/mol. The molecular weight excluding hydrogens is 268 g/mol. The minimum atomic E-state index is -2.84. The third-order valence-corrected chi connectivity index (χ3v) is 2.90. The molecule has 2 aromatic rings. The molecular formula is C12H15F2N5O. The Labute approximate surface area is 114 Å². The molecule has 6 nitrogen and oxygen atoms in total. The molecule has 0 atom stereocenters. The molecule has 0 saturated heterocycles. The zero-order chi connectivity index (χ0) is 14.7. The first kappa shape index (κ1) is 14.2. The van der Waals surface area contributed by atoms with Crippen LogP contribution in [-0.4, -0.2) is 25.5 Å². The minimum absolute atomic E-state index is 0.166. The van der Waals surface area contributed by atoms with Crippen molar-refractivity contribution < 1.29 is 13.6 Å². The van der Waals surface area contributed by atoms with E-state index in [1.54, 1.807) is 4.68 Å². The SMILES string of the molecule is CCn1cc(CNC(=O)c2ccnn2C(F)F)c(C)n1. The summed E-state index contributed by atoms with van der Waals surface area (Å²) in [7, 11) is 0. The van der Waals surface area contributed by atoms with Crippen molar-refractivity contribution in [2.75, 3.05) is 0 Å². The van der Waals surface area contributed by atoms with Crippen molar-refractivity contribution in [1.82, 2.24) is 24.9 Å². The van der Waals surface area contributed by atoms with Gasteiger partial charge in [-0.1, -0.05) is 0 Å². The van der Waals surface area contributed by atoms with Gasteiger partial charge in [0.05, 0.1) is 5.69 Å². The van der Waals surface area contributed by atoms with Crippen LogP contribution in [-0.2, 0) is 13.1 Å². The minimum Gasteiger partial charge on any atom is -0.347 e. The van der Waals surface area contributed by atoms with Crippen molar-refractivity contribution in [2.24, 2.45) is 0 Å². The Morgan fingerprint density at radius 3 is 2.85 bits per heavy atom. The van der Waals surface area contributed by atoms with Gasteiger partial charge in [-0.05, 0) is 19.9 Å². The molecule has 108 valence electrons. The van der Waals surface area contributed by atoms with Crippen LogP contribution in [0.5, 0.6) is 0 Å². The topological polar surface area (TPSA) is 64.7 Å². The number of halogens is 2. The Morgan fingerprint density at radius 1 is 1.50 bits per heavy atom.